The van der Waals surface area contributed by atoms with Crippen LogP contribution in [-0.2, 0) is 4.74 Å². The Kier molecular flexibility index (Phi) is 5.45. The number of nitrogens with one attached hydrogen (secondary N) is 2. The Morgan fingerprint density at radius 1 is 1.45 bits per heavy atom. The van der Waals surface area contributed by atoms with Crippen LogP contribution in [0.3, 0.4) is 0 Å². The quantitative estimate of drug-likeness (QED) is 0.901. The van der Waals surface area contributed by atoms with Crippen LogP contribution < -0.4 is 5.32 Å². The van der Waals surface area contributed by atoms with Crippen LogP contribution in [0.2, 0.25) is 0 Å². The van der Waals surface area contributed by atoms with E-state index in [9.17, 15) is 4.79 Å². The van der Waals surface area contributed by atoms with Gasteiger partial charge in [0.15, 0.2) is 0 Å². The minimum atomic E-state index is -0.436. The Bertz CT molecular complexity index is 467. The van der Waals surface area contributed by atoms with Crippen molar-refractivity contribution in [2.24, 2.45) is 0 Å². The molecule has 0 radical (unpaired) electrons. The van der Waals surface area contributed by atoms with Gasteiger partial charge in [-0.05, 0) is 47.0 Å². The third kappa shape index (κ3) is 5.02. The first-order valence-electron chi connectivity index (χ1n) is 8.08. The van der Waals surface area contributed by atoms with Gasteiger partial charge in [0.1, 0.15) is 11.4 Å². The van der Waals surface area contributed by atoms with E-state index in [0.717, 1.165) is 38.2 Å². The zero-order valence-corrected chi connectivity index (χ0v) is 14.1. The number of amides is 1. The molecule has 2 rings (SSSR count). The number of nitrogens with zero attached hydrogens (tertiary/aromatic N) is 2. The van der Waals surface area contributed by atoms with Crippen molar-refractivity contribution in [3.05, 3.63) is 18.2 Å². The normalized spacial score (nSPS) is 21.3. The van der Waals surface area contributed by atoms with Crippen molar-refractivity contribution < 1.29 is 9.53 Å². The molecule has 0 spiro atoms. The molecular formula is C16H28N4O2. The summed E-state index contributed by atoms with van der Waals surface area (Å²) in [5, 5.41) is 3.60. The fourth-order valence-electron chi connectivity index (χ4n) is 2.72. The van der Waals surface area contributed by atoms with Crippen LogP contribution >= 0.6 is 0 Å². The highest BCUT2D eigenvalue weighted by molar-refractivity contribution is 5.68. The first-order valence-corrected chi connectivity index (χ1v) is 8.08. The van der Waals surface area contributed by atoms with Crippen molar-refractivity contribution in [2.75, 3.05) is 13.1 Å². The molecule has 1 fully saturated rings. The van der Waals surface area contributed by atoms with Crippen molar-refractivity contribution in [1.29, 1.82) is 0 Å². The summed E-state index contributed by atoms with van der Waals surface area (Å²) in [6, 6.07) is 0.584. The third-order valence-electron chi connectivity index (χ3n) is 3.80. The number of carbonyl (C=O) groups is 1. The first-order chi connectivity index (χ1) is 10.3. The van der Waals surface area contributed by atoms with Gasteiger partial charge in [-0.25, -0.2) is 9.78 Å². The number of carbonyl (C=O) groups excluding carboxylic acids is 1. The minimum Gasteiger partial charge on any atom is -0.444 e. The molecule has 6 nitrogen and oxygen atoms in total. The number of hydrogen-bond acceptors (Lipinski definition) is 4. The monoisotopic (exact) mass is 308 g/mol. The Hall–Kier alpha value is -1.56. The van der Waals surface area contributed by atoms with E-state index in [4.69, 9.17) is 4.74 Å². The van der Waals surface area contributed by atoms with Crippen molar-refractivity contribution >= 4 is 6.09 Å². The number of aromatic amines is 1. The van der Waals surface area contributed by atoms with E-state index in [2.05, 4.69) is 22.2 Å². The van der Waals surface area contributed by atoms with Gasteiger partial charge >= 0.3 is 6.09 Å². The molecule has 1 aromatic rings. The van der Waals surface area contributed by atoms with Crippen LogP contribution in [0.15, 0.2) is 12.4 Å². The lowest BCUT2D eigenvalue weighted by molar-refractivity contribution is 0.0256. The molecule has 0 aliphatic carbocycles. The van der Waals surface area contributed by atoms with Gasteiger partial charge < -0.3 is 19.9 Å². The van der Waals surface area contributed by atoms with Gasteiger partial charge in [-0.1, -0.05) is 0 Å². The Balaban J connectivity index is 1.83. The summed E-state index contributed by atoms with van der Waals surface area (Å²) in [4.78, 5) is 21.4. The Morgan fingerprint density at radius 3 is 2.86 bits per heavy atom. The number of imidazole rings is 1. The summed E-state index contributed by atoms with van der Waals surface area (Å²) < 4.78 is 5.46. The highest BCUT2D eigenvalue weighted by Gasteiger charge is 2.25. The molecule has 2 unspecified atom stereocenters. The van der Waals surface area contributed by atoms with Crippen molar-refractivity contribution in [3.63, 3.8) is 0 Å². The molecule has 2 heterocycles. The molecule has 1 aromatic heterocycles. The van der Waals surface area contributed by atoms with Crippen molar-refractivity contribution in [1.82, 2.24) is 20.2 Å². The standard InChI is InChI=1S/C16H28N4O2/c1-12(14-17-8-9-18-14)19-13-6-5-10-20(11-7-13)15(21)22-16(2,3)4/h8-9,12-13,19H,5-7,10-11H2,1-4H3,(H,17,18). The van der Waals surface area contributed by atoms with Crippen molar-refractivity contribution in [2.45, 2.75) is 64.6 Å². The van der Waals surface area contributed by atoms with E-state index in [0.29, 0.717) is 6.04 Å². The van der Waals surface area contributed by atoms with E-state index in [-0.39, 0.29) is 12.1 Å². The molecule has 1 aliphatic rings. The second-order valence-electron chi connectivity index (χ2n) is 6.96. The smallest absolute Gasteiger partial charge is 0.410 e. The fourth-order valence-corrected chi connectivity index (χ4v) is 2.72. The topological polar surface area (TPSA) is 70.2 Å². The molecule has 1 aliphatic heterocycles. The Labute approximate surface area is 132 Å². The SMILES string of the molecule is CC(NC1CCCN(C(=O)OC(C)(C)C)CC1)c1ncc[nH]1. The third-order valence-corrected chi connectivity index (χ3v) is 3.80. The van der Waals surface area contributed by atoms with E-state index in [1.165, 1.54) is 0 Å². The minimum absolute atomic E-state index is 0.188. The number of H-pyrrole nitrogens is 1. The summed E-state index contributed by atoms with van der Waals surface area (Å²) in [6.45, 7) is 9.31. The fraction of sp³-hybridized carbons (Fsp3) is 0.750. The molecule has 1 saturated heterocycles. The average molecular weight is 308 g/mol. The van der Waals surface area contributed by atoms with E-state index in [1.807, 2.05) is 31.9 Å². The molecule has 6 heteroatoms. The molecule has 0 bridgehead atoms. The van der Waals surface area contributed by atoms with Gasteiger partial charge in [-0.2, -0.15) is 0 Å². The Morgan fingerprint density at radius 2 is 2.23 bits per heavy atom. The zero-order valence-electron chi connectivity index (χ0n) is 14.1. The maximum absolute atomic E-state index is 12.2. The number of aromatic nitrogens is 2. The lowest BCUT2D eigenvalue weighted by Crippen LogP contribution is -2.38. The highest BCUT2D eigenvalue weighted by Crippen LogP contribution is 2.17. The summed E-state index contributed by atoms with van der Waals surface area (Å²) in [7, 11) is 0. The van der Waals surface area contributed by atoms with Crippen LogP contribution in [0.5, 0.6) is 0 Å². The van der Waals surface area contributed by atoms with E-state index in [1.54, 1.807) is 6.20 Å². The number of ether oxygens (including phenoxy) is 1. The average Bonchev–Trinajstić information content (AvgIpc) is 2.84. The van der Waals surface area contributed by atoms with Crippen LogP contribution in [0, 0.1) is 0 Å². The molecule has 2 atom stereocenters. The molecule has 1 amide bonds. The molecule has 0 aromatic carbocycles. The van der Waals surface area contributed by atoms with E-state index < -0.39 is 5.60 Å². The molecule has 2 N–H and O–H groups in total. The predicted molar refractivity (Wildman–Crippen MR) is 85.6 cm³/mol. The number of hydrogen-bond donors (Lipinski definition) is 2. The molecule has 22 heavy (non-hydrogen) atoms. The lowest BCUT2D eigenvalue weighted by Gasteiger charge is -2.26. The summed E-state index contributed by atoms with van der Waals surface area (Å²) >= 11 is 0. The number of likely N-dealkylation sites (tertiary alicyclic amines) is 1. The molecule has 0 saturated carbocycles. The summed E-state index contributed by atoms with van der Waals surface area (Å²) in [6.07, 6.45) is 6.39. The van der Waals surface area contributed by atoms with Crippen LogP contribution in [0.1, 0.15) is 58.8 Å². The van der Waals surface area contributed by atoms with Gasteiger partial charge in [0.2, 0.25) is 0 Å². The molecular weight excluding hydrogens is 280 g/mol. The highest BCUT2D eigenvalue weighted by atomic mass is 16.6. The van der Waals surface area contributed by atoms with Gasteiger partial charge in [0, 0.05) is 31.5 Å². The van der Waals surface area contributed by atoms with Crippen LogP contribution in [-0.4, -0.2) is 45.7 Å². The maximum Gasteiger partial charge on any atom is 0.410 e. The lowest BCUT2D eigenvalue weighted by atomic mass is 10.1. The second-order valence-corrected chi connectivity index (χ2v) is 6.96. The van der Waals surface area contributed by atoms with Crippen molar-refractivity contribution in [3.8, 4) is 0 Å². The number of rotatable bonds is 3. The zero-order chi connectivity index (χ0) is 16.2. The summed E-state index contributed by atoms with van der Waals surface area (Å²) in [5.74, 6) is 0.952. The summed E-state index contributed by atoms with van der Waals surface area (Å²) in [5.41, 5.74) is -0.436. The van der Waals surface area contributed by atoms with E-state index >= 15 is 0 Å². The molecule has 124 valence electrons. The largest absolute Gasteiger partial charge is 0.444 e. The van der Waals surface area contributed by atoms with Crippen LogP contribution in [0.4, 0.5) is 4.79 Å². The maximum atomic E-state index is 12.2. The second kappa shape index (κ2) is 7.13. The van der Waals surface area contributed by atoms with Gasteiger partial charge in [-0.3, -0.25) is 0 Å². The van der Waals surface area contributed by atoms with Gasteiger partial charge in [-0.15, -0.1) is 0 Å². The predicted octanol–water partition coefficient (Wildman–Crippen LogP) is 2.85. The van der Waals surface area contributed by atoms with Gasteiger partial charge in [0.05, 0.1) is 6.04 Å². The van der Waals surface area contributed by atoms with Gasteiger partial charge in [0.25, 0.3) is 0 Å². The first kappa shape index (κ1) is 16.8. The van der Waals surface area contributed by atoms with Crippen LogP contribution in [0.25, 0.3) is 0 Å².